The molecule has 5 rings (SSSR count). The van der Waals surface area contributed by atoms with Crippen molar-refractivity contribution in [2.45, 2.75) is 32.0 Å². The number of oxazole rings is 1. The lowest BCUT2D eigenvalue weighted by Gasteiger charge is -2.24. The third kappa shape index (κ3) is 5.57. The average molecular weight is 538 g/mol. The van der Waals surface area contributed by atoms with Gasteiger partial charge in [0.25, 0.3) is 6.01 Å². The standard InChI is InChI=1S/C28H25ClFN3O5/c1-16-3-2-4-24-26(16)32-28(38-24)31-23-10-5-17(11-22(23)29)12-25(34)33-14-19(30)13-20(33)15-37-21-8-6-18(7-9-21)27(35)36/h2-11,19-20H,12-15H2,1H3,(H,31,32)(H,35,36)/t19-,20-/m0/s1. The number of aryl methyl sites for hydroxylation is 1. The molecule has 1 aromatic heterocycles. The van der Waals surface area contributed by atoms with Crippen molar-refractivity contribution >= 4 is 46.3 Å². The number of carboxylic acids is 1. The first-order valence-corrected chi connectivity index (χ1v) is 12.5. The van der Waals surface area contributed by atoms with E-state index in [0.717, 1.165) is 11.1 Å². The van der Waals surface area contributed by atoms with Crippen LogP contribution in [0.15, 0.2) is 65.1 Å². The minimum atomic E-state index is -1.14. The molecule has 0 saturated carbocycles. The summed E-state index contributed by atoms with van der Waals surface area (Å²) in [6.45, 7) is 2.05. The van der Waals surface area contributed by atoms with E-state index in [2.05, 4.69) is 10.3 Å². The van der Waals surface area contributed by atoms with Gasteiger partial charge in [0, 0.05) is 6.42 Å². The first kappa shape index (κ1) is 25.5. The highest BCUT2D eigenvalue weighted by Crippen LogP contribution is 2.30. The van der Waals surface area contributed by atoms with Gasteiger partial charge < -0.3 is 24.5 Å². The molecule has 0 radical (unpaired) electrons. The van der Waals surface area contributed by atoms with Crippen LogP contribution in [0, 0.1) is 6.92 Å². The van der Waals surface area contributed by atoms with Crippen LogP contribution in [0.5, 0.6) is 5.75 Å². The molecule has 196 valence electrons. The molecule has 1 fully saturated rings. The van der Waals surface area contributed by atoms with Crippen LogP contribution in [0.1, 0.15) is 27.9 Å². The van der Waals surface area contributed by atoms with E-state index in [4.69, 9.17) is 25.9 Å². The summed E-state index contributed by atoms with van der Waals surface area (Å²) >= 11 is 6.48. The van der Waals surface area contributed by atoms with E-state index < -0.39 is 18.2 Å². The van der Waals surface area contributed by atoms with Gasteiger partial charge in [0.1, 0.15) is 24.0 Å². The fourth-order valence-electron chi connectivity index (χ4n) is 4.51. The quantitative estimate of drug-likeness (QED) is 0.293. The number of hydrogen-bond donors (Lipinski definition) is 2. The molecule has 2 atom stereocenters. The molecule has 8 nitrogen and oxygen atoms in total. The summed E-state index contributed by atoms with van der Waals surface area (Å²) in [5.41, 5.74) is 3.83. The molecule has 1 saturated heterocycles. The number of carbonyl (C=O) groups excluding carboxylic acids is 1. The highest BCUT2D eigenvalue weighted by atomic mass is 35.5. The highest BCUT2D eigenvalue weighted by Gasteiger charge is 2.35. The smallest absolute Gasteiger partial charge is 0.335 e. The first-order valence-electron chi connectivity index (χ1n) is 12.1. The molecule has 10 heteroatoms. The van der Waals surface area contributed by atoms with Crippen molar-refractivity contribution in [1.82, 2.24) is 9.88 Å². The first-order chi connectivity index (χ1) is 18.3. The van der Waals surface area contributed by atoms with Gasteiger partial charge in [-0.1, -0.05) is 29.8 Å². The zero-order valence-electron chi connectivity index (χ0n) is 20.5. The second kappa shape index (κ2) is 10.7. The van der Waals surface area contributed by atoms with Crippen LogP contribution in [0.3, 0.4) is 0 Å². The van der Waals surface area contributed by atoms with Crippen LogP contribution < -0.4 is 10.1 Å². The molecule has 0 aliphatic carbocycles. The van der Waals surface area contributed by atoms with Crippen LogP contribution in [-0.4, -0.2) is 52.2 Å². The van der Waals surface area contributed by atoms with E-state index in [9.17, 15) is 14.0 Å². The van der Waals surface area contributed by atoms with Crippen LogP contribution in [0.4, 0.5) is 16.1 Å². The maximum atomic E-state index is 14.3. The van der Waals surface area contributed by atoms with Crippen molar-refractivity contribution in [3.8, 4) is 5.75 Å². The summed E-state index contributed by atoms with van der Waals surface area (Å²) in [5.74, 6) is -0.811. The number of amides is 1. The Morgan fingerprint density at radius 1 is 1.21 bits per heavy atom. The molecule has 3 aromatic carbocycles. The van der Waals surface area contributed by atoms with E-state index >= 15 is 0 Å². The fraction of sp³-hybridized carbons (Fsp3) is 0.250. The number of ether oxygens (including phenoxy) is 1. The third-order valence-corrected chi connectivity index (χ3v) is 6.79. The summed E-state index contributed by atoms with van der Waals surface area (Å²) in [6.07, 6.45) is -0.914. The molecule has 4 aromatic rings. The summed E-state index contributed by atoms with van der Waals surface area (Å²) in [6, 6.07) is 16.7. The van der Waals surface area contributed by atoms with Gasteiger partial charge in [0.2, 0.25) is 5.91 Å². The molecular formula is C28H25ClFN3O5. The number of benzene rings is 3. The number of halogens is 2. The largest absolute Gasteiger partial charge is 0.491 e. The van der Waals surface area contributed by atoms with Crippen molar-refractivity contribution in [2.24, 2.45) is 0 Å². The van der Waals surface area contributed by atoms with Gasteiger partial charge in [0.05, 0.1) is 35.3 Å². The fourth-order valence-corrected chi connectivity index (χ4v) is 4.76. The Hall–Kier alpha value is -4.11. The van der Waals surface area contributed by atoms with Gasteiger partial charge in [-0.15, -0.1) is 0 Å². The Balaban J connectivity index is 1.22. The molecule has 0 spiro atoms. The van der Waals surface area contributed by atoms with Gasteiger partial charge in [-0.3, -0.25) is 4.79 Å². The number of hydrogen-bond acceptors (Lipinski definition) is 6. The predicted octanol–water partition coefficient (Wildman–Crippen LogP) is 5.79. The molecule has 1 amide bonds. The molecular weight excluding hydrogens is 513 g/mol. The van der Waals surface area contributed by atoms with Gasteiger partial charge >= 0.3 is 5.97 Å². The Bertz CT molecular complexity index is 1490. The predicted molar refractivity (Wildman–Crippen MR) is 141 cm³/mol. The second-order valence-corrected chi connectivity index (χ2v) is 9.64. The zero-order chi connectivity index (χ0) is 26.8. The summed E-state index contributed by atoms with van der Waals surface area (Å²) in [4.78, 5) is 30.0. The number of carboxylic acid groups (broad SMARTS) is 1. The van der Waals surface area contributed by atoms with Crippen molar-refractivity contribution < 1.29 is 28.2 Å². The van der Waals surface area contributed by atoms with Crippen LogP contribution in [-0.2, 0) is 11.2 Å². The minimum absolute atomic E-state index is 0.00464. The van der Waals surface area contributed by atoms with E-state index in [-0.39, 0.29) is 37.5 Å². The SMILES string of the molecule is Cc1cccc2oc(Nc3ccc(CC(=O)N4C[C@@H](F)C[C@H]4COc4ccc(C(=O)O)cc4)cc3Cl)nc12. The lowest BCUT2D eigenvalue weighted by Crippen LogP contribution is -2.40. The lowest BCUT2D eigenvalue weighted by molar-refractivity contribution is -0.132. The molecule has 2 N–H and O–H groups in total. The van der Waals surface area contributed by atoms with Crippen LogP contribution in [0.25, 0.3) is 11.1 Å². The van der Waals surface area contributed by atoms with Gasteiger partial charge in [-0.2, -0.15) is 4.98 Å². The van der Waals surface area contributed by atoms with Gasteiger partial charge in [-0.05, 0) is 60.5 Å². The monoisotopic (exact) mass is 537 g/mol. The summed E-state index contributed by atoms with van der Waals surface area (Å²) in [5, 5.41) is 12.5. The minimum Gasteiger partial charge on any atom is -0.491 e. The molecule has 0 bridgehead atoms. The number of alkyl halides is 1. The number of carbonyl (C=O) groups is 2. The number of fused-ring (bicyclic) bond motifs is 1. The Morgan fingerprint density at radius 3 is 2.71 bits per heavy atom. The summed E-state index contributed by atoms with van der Waals surface area (Å²) in [7, 11) is 0. The number of likely N-dealkylation sites (tertiary alicyclic amines) is 1. The Labute approximate surface area is 223 Å². The maximum absolute atomic E-state index is 14.3. The number of aromatic carboxylic acids is 1. The number of nitrogens with one attached hydrogen (secondary N) is 1. The zero-order valence-corrected chi connectivity index (χ0v) is 21.2. The highest BCUT2D eigenvalue weighted by molar-refractivity contribution is 6.33. The lowest BCUT2D eigenvalue weighted by atomic mass is 10.1. The topological polar surface area (TPSA) is 105 Å². The molecule has 1 aliphatic rings. The van der Waals surface area contributed by atoms with Crippen LogP contribution in [0.2, 0.25) is 5.02 Å². The van der Waals surface area contributed by atoms with Crippen molar-refractivity contribution in [3.05, 3.63) is 82.4 Å². The van der Waals surface area contributed by atoms with E-state index in [1.165, 1.54) is 29.2 Å². The summed E-state index contributed by atoms with van der Waals surface area (Å²) < 4.78 is 25.7. The second-order valence-electron chi connectivity index (χ2n) is 9.23. The average Bonchev–Trinajstić information content (AvgIpc) is 3.48. The maximum Gasteiger partial charge on any atom is 0.335 e. The van der Waals surface area contributed by atoms with Gasteiger partial charge in [-0.25, -0.2) is 9.18 Å². The van der Waals surface area contributed by atoms with Crippen molar-refractivity contribution in [1.29, 1.82) is 0 Å². The van der Waals surface area contributed by atoms with E-state index in [1.54, 1.807) is 18.2 Å². The molecule has 38 heavy (non-hydrogen) atoms. The number of nitrogens with zero attached hydrogens (tertiary/aromatic N) is 2. The number of anilines is 2. The molecule has 2 heterocycles. The molecule has 1 aliphatic heterocycles. The molecule has 0 unspecified atom stereocenters. The number of para-hydroxylation sites is 1. The van der Waals surface area contributed by atoms with Crippen molar-refractivity contribution in [3.63, 3.8) is 0 Å². The van der Waals surface area contributed by atoms with E-state index in [1.807, 2.05) is 25.1 Å². The van der Waals surface area contributed by atoms with Crippen LogP contribution >= 0.6 is 11.6 Å². The number of rotatable bonds is 8. The van der Waals surface area contributed by atoms with Gasteiger partial charge in [0.15, 0.2) is 5.58 Å². The Morgan fingerprint density at radius 2 is 2.00 bits per heavy atom. The Kier molecular flexibility index (Phi) is 7.20. The number of aromatic nitrogens is 1. The van der Waals surface area contributed by atoms with Crippen molar-refractivity contribution in [2.75, 3.05) is 18.5 Å². The normalized spacial score (nSPS) is 17.1. The van der Waals surface area contributed by atoms with E-state index in [0.29, 0.717) is 33.6 Å². The third-order valence-electron chi connectivity index (χ3n) is 6.48.